The second-order valence-electron chi connectivity index (χ2n) is 4.40. The largest absolute Gasteiger partial charge is 0.496 e. The minimum atomic E-state index is -1.35. The summed E-state index contributed by atoms with van der Waals surface area (Å²) in [6.45, 7) is 1.62. The van der Waals surface area contributed by atoms with Gasteiger partial charge in [0.25, 0.3) is 0 Å². The summed E-state index contributed by atoms with van der Waals surface area (Å²) in [4.78, 5) is 0. The van der Waals surface area contributed by atoms with Crippen LogP contribution in [0.1, 0.15) is 18.1 Å². The van der Waals surface area contributed by atoms with Crippen molar-refractivity contribution in [3.8, 4) is 5.75 Å². The van der Waals surface area contributed by atoms with Crippen molar-refractivity contribution in [1.29, 1.82) is 0 Å². The molecular formula is C15H14BrFO2. The van der Waals surface area contributed by atoms with Crippen LogP contribution in [0.3, 0.4) is 0 Å². The van der Waals surface area contributed by atoms with Gasteiger partial charge in [0.2, 0.25) is 0 Å². The number of hydrogen-bond acceptors (Lipinski definition) is 2. The molecule has 0 heterocycles. The van der Waals surface area contributed by atoms with Gasteiger partial charge >= 0.3 is 0 Å². The van der Waals surface area contributed by atoms with Crippen molar-refractivity contribution >= 4 is 15.9 Å². The predicted octanol–water partition coefficient (Wildman–Crippen LogP) is 3.85. The number of rotatable bonds is 3. The van der Waals surface area contributed by atoms with E-state index in [1.54, 1.807) is 13.0 Å². The van der Waals surface area contributed by atoms with Crippen LogP contribution in [0.5, 0.6) is 5.75 Å². The summed E-state index contributed by atoms with van der Waals surface area (Å²) >= 11 is 3.40. The van der Waals surface area contributed by atoms with E-state index in [9.17, 15) is 9.50 Å². The number of hydrogen-bond donors (Lipinski definition) is 1. The smallest absolute Gasteiger partial charge is 0.125 e. The molecule has 4 heteroatoms. The van der Waals surface area contributed by atoms with E-state index in [0.717, 1.165) is 4.47 Å². The molecule has 0 aliphatic heterocycles. The lowest BCUT2D eigenvalue weighted by Gasteiger charge is -2.27. The molecule has 0 radical (unpaired) electrons. The lowest BCUT2D eigenvalue weighted by Crippen LogP contribution is -2.24. The predicted molar refractivity (Wildman–Crippen MR) is 75.8 cm³/mol. The molecule has 2 aromatic rings. The van der Waals surface area contributed by atoms with Gasteiger partial charge in [-0.05, 0) is 31.2 Å². The van der Waals surface area contributed by atoms with Crippen LogP contribution in [0.15, 0.2) is 46.9 Å². The minimum Gasteiger partial charge on any atom is -0.496 e. The van der Waals surface area contributed by atoms with Crippen LogP contribution in [0.2, 0.25) is 0 Å². The molecule has 19 heavy (non-hydrogen) atoms. The summed E-state index contributed by atoms with van der Waals surface area (Å²) in [7, 11) is 1.49. The summed E-state index contributed by atoms with van der Waals surface area (Å²) in [5.41, 5.74) is -0.311. The highest BCUT2D eigenvalue weighted by Crippen LogP contribution is 2.38. The lowest BCUT2D eigenvalue weighted by molar-refractivity contribution is 0.0978. The summed E-state index contributed by atoms with van der Waals surface area (Å²) in [6.07, 6.45) is 0. The van der Waals surface area contributed by atoms with Gasteiger partial charge in [0.05, 0.1) is 7.11 Å². The van der Waals surface area contributed by atoms with Crippen LogP contribution < -0.4 is 4.74 Å². The molecule has 0 saturated heterocycles. The number of halogens is 2. The second-order valence-corrected chi connectivity index (χ2v) is 5.25. The standard InChI is InChI=1S/C15H14BrFO2/c1-15(18,11-5-3-4-6-13(11)16)12-9-10(17)7-8-14(12)19-2/h3-9,18H,1-2H3. The quantitative estimate of drug-likeness (QED) is 0.929. The molecule has 2 rings (SSSR count). The third-order valence-corrected chi connectivity index (χ3v) is 3.78. The van der Waals surface area contributed by atoms with Crippen LogP contribution in [0.4, 0.5) is 4.39 Å². The average Bonchev–Trinajstić information content (AvgIpc) is 2.39. The minimum absolute atomic E-state index is 0.391. The molecule has 0 saturated carbocycles. The van der Waals surface area contributed by atoms with Crippen molar-refractivity contribution in [2.45, 2.75) is 12.5 Å². The molecule has 0 bridgehead atoms. The third kappa shape index (κ3) is 2.65. The van der Waals surface area contributed by atoms with Gasteiger partial charge in [-0.15, -0.1) is 0 Å². The Kier molecular flexibility index (Phi) is 3.92. The van der Waals surface area contributed by atoms with Crippen molar-refractivity contribution in [1.82, 2.24) is 0 Å². The molecule has 0 amide bonds. The highest BCUT2D eigenvalue weighted by Gasteiger charge is 2.31. The summed E-state index contributed by atoms with van der Waals surface area (Å²) in [5, 5.41) is 10.8. The van der Waals surface area contributed by atoms with Crippen LogP contribution in [0.25, 0.3) is 0 Å². The van der Waals surface area contributed by atoms with E-state index in [2.05, 4.69) is 15.9 Å². The first-order valence-corrected chi connectivity index (χ1v) is 6.57. The van der Waals surface area contributed by atoms with Crippen LogP contribution in [-0.4, -0.2) is 12.2 Å². The van der Waals surface area contributed by atoms with Crippen LogP contribution >= 0.6 is 15.9 Å². The molecular weight excluding hydrogens is 311 g/mol. The Balaban J connectivity index is 2.62. The van der Waals surface area contributed by atoms with Crippen LogP contribution in [-0.2, 0) is 5.60 Å². The molecule has 1 unspecified atom stereocenters. The fraction of sp³-hybridized carbons (Fsp3) is 0.200. The normalized spacial score (nSPS) is 13.9. The Morgan fingerprint density at radius 2 is 1.84 bits per heavy atom. The maximum absolute atomic E-state index is 13.5. The van der Waals surface area contributed by atoms with Crippen LogP contribution in [0, 0.1) is 5.82 Å². The van der Waals surface area contributed by atoms with E-state index in [4.69, 9.17) is 4.74 Å². The zero-order valence-corrected chi connectivity index (χ0v) is 12.2. The van der Waals surface area contributed by atoms with Gasteiger partial charge < -0.3 is 9.84 Å². The second kappa shape index (κ2) is 5.31. The van der Waals surface area contributed by atoms with E-state index in [-0.39, 0.29) is 0 Å². The maximum Gasteiger partial charge on any atom is 0.125 e. The topological polar surface area (TPSA) is 29.5 Å². The van der Waals surface area contributed by atoms with E-state index in [1.807, 2.05) is 18.2 Å². The molecule has 0 aromatic heterocycles. The van der Waals surface area contributed by atoms with Crippen molar-refractivity contribution in [3.63, 3.8) is 0 Å². The number of aliphatic hydroxyl groups is 1. The van der Waals surface area contributed by atoms with Gasteiger partial charge in [-0.2, -0.15) is 0 Å². The molecule has 0 fully saturated rings. The van der Waals surface area contributed by atoms with Gasteiger partial charge in [-0.1, -0.05) is 34.1 Å². The van der Waals surface area contributed by atoms with E-state index < -0.39 is 11.4 Å². The molecule has 100 valence electrons. The lowest BCUT2D eigenvalue weighted by atomic mass is 9.87. The first kappa shape index (κ1) is 14.0. The monoisotopic (exact) mass is 324 g/mol. The first-order chi connectivity index (χ1) is 8.96. The van der Waals surface area contributed by atoms with Gasteiger partial charge in [0.1, 0.15) is 17.2 Å². The van der Waals surface area contributed by atoms with Crippen molar-refractivity contribution in [3.05, 3.63) is 63.9 Å². The van der Waals surface area contributed by atoms with E-state index in [1.165, 1.54) is 25.3 Å². The molecule has 1 N–H and O–H groups in total. The third-order valence-electron chi connectivity index (χ3n) is 3.08. The number of benzene rings is 2. The summed E-state index contributed by atoms with van der Waals surface area (Å²) < 4.78 is 19.4. The molecule has 1 atom stereocenters. The summed E-state index contributed by atoms with van der Waals surface area (Å²) in [5.74, 6) is 0.0327. The Bertz CT molecular complexity index is 596. The van der Waals surface area contributed by atoms with Gasteiger partial charge in [-0.25, -0.2) is 4.39 Å². The zero-order chi connectivity index (χ0) is 14.0. The average molecular weight is 325 g/mol. The zero-order valence-electron chi connectivity index (χ0n) is 10.7. The molecule has 0 aliphatic rings. The Morgan fingerprint density at radius 1 is 1.16 bits per heavy atom. The Hall–Kier alpha value is -1.39. The van der Waals surface area contributed by atoms with E-state index in [0.29, 0.717) is 16.9 Å². The number of methoxy groups -OCH3 is 1. The summed E-state index contributed by atoms with van der Waals surface area (Å²) in [6, 6.07) is 11.4. The fourth-order valence-electron chi connectivity index (χ4n) is 2.06. The molecule has 2 nitrogen and oxygen atoms in total. The van der Waals surface area contributed by atoms with Gasteiger partial charge in [-0.3, -0.25) is 0 Å². The fourth-order valence-corrected chi connectivity index (χ4v) is 2.73. The van der Waals surface area contributed by atoms with E-state index >= 15 is 0 Å². The molecule has 2 aromatic carbocycles. The SMILES string of the molecule is COc1ccc(F)cc1C(C)(O)c1ccccc1Br. The van der Waals surface area contributed by atoms with Gasteiger partial charge in [0.15, 0.2) is 0 Å². The Morgan fingerprint density at radius 3 is 2.47 bits per heavy atom. The molecule has 0 spiro atoms. The highest BCUT2D eigenvalue weighted by molar-refractivity contribution is 9.10. The van der Waals surface area contributed by atoms with Crippen molar-refractivity contribution in [2.24, 2.45) is 0 Å². The highest BCUT2D eigenvalue weighted by atomic mass is 79.9. The Labute approximate surface area is 120 Å². The van der Waals surface area contributed by atoms with Crippen molar-refractivity contribution < 1.29 is 14.2 Å². The van der Waals surface area contributed by atoms with Crippen molar-refractivity contribution in [2.75, 3.05) is 7.11 Å². The first-order valence-electron chi connectivity index (χ1n) is 5.78. The molecule has 0 aliphatic carbocycles. The maximum atomic E-state index is 13.5. The number of ether oxygens (including phenoxy) is 1. The van der Waals surface area contributed by atoms with Gasteiger partial charge in [0, 0.05) is 15.6 Å².